The zero-order valence-electron chi connectivity index (χ0n) is 10.6. The van der Waals surface area contributed by atoms with E-state index in [0.29, 0.717) is 38.1 Å². The van der Waals surface area contributed by atoms with Gasteiger partial charge >= 0.3 is 5.97 Å². The van der Waals surface area contributed by atoms with Crippen LogP contribution in [0, 0.1) is 17.6 Å². The first-order valence-electron chi connectivity index (χ1n) is 6.23. The zero-order valence-corrected chi connectivity index (χ0v) is 10.6. The average molecular weight is 284 g/mol. The average Bonchev–Trinajstić information content (AvgIpc) is 2.43. The highest BCUT2D eigenvalue weighted by molar-refractivity contribution is 6.01. The lowest BCUT2D eigenvalue weighted by molar-refractivity contribution is -0.120. The predicted molar refractivity (Wildman–Crippen MR) is 67.5 cm³/mol. The SMILES string of the molecule is O=C(O)c1cc(F)c(F)cc1NC(=O)C1CCNCC1. The zero-order chi connectivity index (χ0) is 14.7. The summed E-state index contributed by atoms with van der Waals surface area (Å²) in [6.07, 6.45) is 1.25. The number of aromatic carboxylic acids is 1. The van der Waals surface area contributed by atoms with Crippen LogP contribution in [0.4, 0.5) is 14.5 Å². The third-order valence-corrected chi connectivity index (χ3v) is 3.26. The number of carboxylic acid groups (broad SMARTS) is 1. The van der Waals surface area contributed by atoms with Gasteiger partial charge in [0, 0.05) is 12.0 Å². The van der Waals surface area contributed by atoms with Gasteiger partial charge in [-0.1, -0.05) is 0 Å². The summed E-state index contributed by atoms with van der Waals surface area (Å²) in [6.45, 7) is 1.39. The van der Waals surface area contributed by atoms with Crippen LogP contribution in [0.5, 0.6) is 0 Å². The van der Waals surface area contributed by atoms with Gasteiger partial charge < -0.3 is 15.7 Å². The molecule has 3 N–H and O–H groups in total. The van der Waals surface area contributed by atoms with Gasteiger partial charge in [-0.15, -0.1) is 0 Å². The van der Waals surface area contributed by atoms with Crippen molar-refractivity contribution in [2.45, 2.75) is 12.8 Å². The summed E-state index contributed by atoms with van der Waals surface area (Å²) in [7, 11) is 0. The molecule has 1 saturated heterocycles. The lowest BCUT2D eigenvalue weighted by Crippen LogP contribution is -2.34. The highest BCUT2D eigenvalue weighted by Gasteiger charge is 2.23. The van der Waals surface area contributed by atoms with E-state index in [-0.39, 0.29) is 17.5 Å². The number of halogens is 2. The topological polar surface area (TPSA) is 78.4 Å². The molecule has 1 heterocycles. The summed E-state index contributed by atoms with van der Waals surface area (Å²) in [5.41, 5.74) is -0.689. The normalized spacial score (nSPS) is 15.9. The molecule has 7 heteroatoms. The molecular formula is C13H14F2N2O3. The van der Waals surface area contributed by atoms with Crippen molar-refractivity contribution in [2.75, 3.05) is 18.4 Å². The summed E-state index contributed by atoms with van der Waals surface area (Å²) in [6, 6.07) is 1.26. The van der Waals surface area contributed by atoms with Gasteiger partial charge in [-0.25, -0.2) is 13.6 Å². The molecule has 1 aliphatic rings. The monoisotopic (exact) mass is 284 g/mol. The lowest BCUT2D eigenvalue weighted by Gasteiger charge is -2.22. The van der Waals surface area contributed by atoms with Crippen LogP contribution >= 0.6 is 0 Å². The molecule has 0 saturated carbocycles. The van der Waals surface area contributed by atoms with Crippen LogP contribution in [0.15, 0.2) is 12.1 Å². The van der Waals surface area contributed by atoms with Gasteiger partial charge in [0.1, 0.15) is 0 Å². The fourth-order valence-electron chi connectivity index (χ4n) is 2.15. The molecule has 108 valence electrons. The minimum absolute atomic E-state index is 0.222. The van der Waals surface area contributed by atoms with Gasteiger partial charge in [0.05, 0.1) is 11.3 Å². The Kier molecular flexibility index (Phi) is 4.29. The smallest absolute Gasteiger partial charge is 0.337 e. The molecule has 0 spiro atoms. The van der Waals surface area contributed by atoms with Gasteiger partial charge in [-0.05, 0) is 32.0 Å². The first-order valence-corrected chi connectivity index (χ1v) is 6.23. The number of amides is 1. The van der Waals surface area contributed by atoms with E-state index in [1.807, 2.05) is 0 Å². The highest BCUT2D eigenvalue weighted by Crippen LogP contribution is 2.22. The third-order valence-electron chi connectivity index (χ3n) is 3.26. The van der Waals surface area contributed by atoms with Crippen LogP contribution in [-0.4, -0.2) is 30.1 Å². The standard InChI is InChI=1S/C13H14F2N2O3/c14-9-5-8(13(19)20)11(6-10(9)15)17-12(18)7-1-3-16-4-2-7/h5-7,16H,1-4H2,(H,17,18)(H,19,20). The van der Waals surface area contributed by atoms with Crippen LogP contribution < -0.4 is 10.6 Å². The van der Waals surface area contributed by atoms with Crippen LogP contribution in [0.3, 0.4) is 0 Å². The summed E-state index contributed by atoms with van der Waals surface area (Å²) in [5, 5.41) is 14.4. The Balaban J connectivity index is 2.21. The summed E-state index contributed by atoms with van der Waals surface area (Å²) >= 11 is 0. The summed E-state index contributed by atoms with van der Waals surface area (Å²) in [4.78, 5) is 23.0. The fourth-order valence-corrected chi connectivity index (χ4v) is 2.15. The number of anilines is 1. The maximum atomic E-state index is 13.2. The molecule has 2 rings (SSSR count). The second-order valence-corrected chi connectivity index (χ2v) is 4.63. The Morgan fingerprint density at radius 1 is 1.20 bits per heavy atom. The van der Waals surface area contributed by atoms with Crippen molar-refractivity contribution < 1.29 is 23.5 Å². The van der Waals surface area contributed by atoms with Gasteiger partial charge in [0.25, 0.3) is 0 Å². The number of nitrogens with one attached hydrogen (secondary N) is 2. The molecule has 1 fully saturated rings. The molecule has 5 nitrogen and oxygen atoms in total. The number of hydrogen-bond donors (Lipinski definition) is 3. The summed E-state index contributed by atoms with van der Waals surface area (Å²) < 4.78 is 26.2. The Bertz CT molecular complexity index is 543. The van der Waals surface area contributed by atoms with E-state index in [2.05, 4.69) is 10.6 Å². The van der Waals surface area contributed by atoms with Crippen molar-refractivity contribution in [3.05, 3.63) is 29.3 Å². The van der Waals surface area contributed by atoms with E-state index in [1.54, 1.807) is 0 Å². The Morgan fingerprint density at radius 2 is 1.80 bits per heavy atom. The molecule has 1 aromatic carbocycles. The molecule has 0 aliphatic carbocycles. The minimum Gasteiger partial charge on any atom is -0.478 e. The summed E-state index contributed by atoms with van der Waals surface area (Å²) in [5.74, 6) is -4.52. The minimum atomic E-state index is -1.43. The maximum absolute atomic E-state index is 13.2. The number of carboxylic acids is 1. The molecule has 0 atom stereocenters. The van der Waals surface area contributed by atoms with Crippen molar-refractivity contribution in [1.82, 2.24) is 5.32 Å². The molecule has 0 bridgehead atoms. The largest absolute Gasteiger partial charge is 0.478 e. The van der Waals surface area contributed by atoms with Gasteiger partial charge in [0.2, 0.25) is 5.91 Å². The number of piperidine rings is 1. The molecule has 1 amide bonds. The molecular weight excluding hydrogens is 270 g/mol. The molecule has 0 unspecified atom stereocenters. The first-order chi connectivity index (χ1) is 9.49. The van der Waals surface area contributed by atoms with Crippen molar-refractivity contribution in [2.24, 2.45) is 5.92 Å². The number of rotatable bonds is 3. The van der Waals surface area contributed by atoms with Gasteiger partial charge in [-0.3, -0.25) is 4.79 Å². The van der Waals surface area contributed by atoms with Crippen molar-refractivity contribution in [3.63, 3.8) is 0 Å². The van der Waals surface area contributed by atoms with Crippen LogP contribution in [0.2, 0.25) is 0 Å². The third kappa shape index (κ3) is 3.11. The predicted octanol–water partition coefficient (Wildman–Crippen LogP) is 1.60. The van der Waals surface area contributed by atoms with E-state index in [9.17, 15) is 18.4 Å². The van der Waals surface area contributed by atoms with Crippen molar-refractivity contribution >= 4 is 17.6 Å². The number of carbonyl (C=O) groups excluding carboxylic acids is 1. The van der Waals surface area contributed by atoms with Crippen LogP contribution in [0.1, 0.15) is 23.2 Å². The molecule has 1 aliphatic heterocycles. The number of carbonyl (C=O) groups is 2. The fraction of sp³-hybridized carbons (Fsp3) is 0.385. The Labute approximate surface area is 114 Å². The van der Waals surface area contributed by atoms with E-state index in [0.717, 1.165) is 0 Å². The first kappa shape index (κ1) is 14.4. The van der Waals surface area contributed by atoms with E-state index >= 15 is 0 Å². The van der Waals surface area contributed by atoms with Crippen molar-refractivity contribution in [3.8, 4) is 0 Å². The molecule has 20 heavy (non-hydrogen) atoms. The van der Waals surface area contributed by atoms with E-state index in [4.69, 9.17) is 5.11 Å². The van der Waals surface area contributed by atoms with E-state index < -0.39 is 23.2 Å². The number of benzene rings is 1. The second kappa shape index (κ2) is 5.96. The van der Waals surface area contributed by atoms with Crippen LogP contribution in [-0.2, 0) is 4.79 Å². The number of hydrogen-bond acceptors (Lipinski definition) is 3. The Hall–Kier alpha value is -2.02. The second-order valence-electron chi connectivity index (χ2n) is 4.63. The Morgan fingerprint density at radius 3 is 2.40 bits per heavy atom. The highest BCUT2D eigenvalue weighted by atomic mass is 19.2. The quantitative estimate of drug-likeness (QED) is 0.788. The van der Waals surface area contributed by atoms with Crippen molar-refractivity contribution in [1.29, 1.82) is 0 Å². The van der Waals surface area contributed by atoms with Gasteiger partial charge in [-0.2, -0.15) is 0 Å². The van der Waals surface area contributed by atoms with E-state index in [1.165, 1.54) is 0 Å². The lowest BCUT2D eigenvalue weighted by atomic mass is 9.97. The van der Waals surface area contributed by atoms with Crippen LogP contribution in [0.25, 0.3) is 0 Å². The van der Waals surface area contributed by atoms with Gasteiger partial charge in [0.15, 0.2) is 11.6 Å². The molecule has 0 radical (unpaired) electrons. The maximum Gasteiger partial charge on any atom is 0.337 e. The molecule has 0 aromatic heterocycles. The molecule has 1 aromatic rings.